The third-order valence-corrected chi connectivity index (χ3v) is 5.03. The van der Waals surface area contributed by atoms with Crippen LogP contribution in [0, 0.1) is 17.5 Å². The second-order valence-electron chi connectivity index (χ2n) is 6.27. The maximum Gasteiger partial charge on any atom is 0.173 e. The topological polar surface area (TPSA) is 24.5 Å². The summed E-state index contributed by atoms with van der Waals surface area (Å²) in [6.07, 6.45) is 1.73. The van der Waals surface area contributed by atoms with Crippen LogP contribution in [0.1, 0.15) is 18.4 Å². The molecule has 2 aromatic carbocycles. The summed E-state index contributed by atoms with van der Waals surface area (Å²) in [6.45, 7) is 1.16. The molecule has 1 N–H and O–H groups in total. The summed E-state index contributed by atoms with van der Waals surface area (Å²) in [5.41, 5.74) is 0.333. The number of nitrogens with zero attached hydrogens (tertiary/aromatic N) is 1. The van der Waals surface area contributed by atoms with Crippen molar-refractivity contribution in [3.05, 3.63) is 64.4 Å². The SMILES string of the molecule is Fc1ccc(NC(=S)N(Cc2c(F)cccc2Cl)C[C@@H]2CCCO2)c(F)c1. The molecule has 0 aliphatic carbocycles. The molecule has 0 aromatic heterocycles. The molecule has 0 amide bonds. The Hall–Kier alpha value is -1.83. The van der Waals surface area contributed by atoms with E-state index in [-0.39, 0.29) is 28.5 Å². The van der Waals surface area contributed by atoms with Crippen molar-refractivity contribution >= 4 is 34.6 Å². The van der Waals surface area contributed by atoms with E-state index >= 15 is 0 Å². The normalized spacial score (nSPS) is 16.4. The second kappa shape index (κ2) is 8.91. The standard InChI is InChI=1S/C19H18ClF3N2OS/c20-15-4-1-5-16(22)14(15)11-25(10-13-3-2-8-26-13)19(27)24-18-7-6-12(21)9-17(18)23/h1,4-7,9,13H,2-3,8,10-11H2,(H,24,27)/t13-/m0/s1. The number of benzene rings is 2. The summed E-state index contributed by atoms with van der Waals surface area (Å²) in [7, 11) is 0. The Kier molecular flexibility index (Phi) is 6.57. The number of halogens is 4. The zero-order chi connectivity index (χ0) is 19.4. The van der Waals surface area contributed by atoms with E-state index in [1.165, 1.54) is 18.2 Å². The molecule has 8 heteroatoms. The van der Waals surface area contributed by atoms with Gasteiger partial charge in [-0.1, -0.05) is 17.7 Å². The highest BCUT2D eigenvalue weighted by atomic mass is 35.5. The van der Waals surface area contributed by atoms with Gasteiger partial charge < -0.3 is 15.0 Å². The minimum atomic E-state index is -0.765. The minimum absolute atomic E-state index is 0.0402. The lowest BCUT2D eigenvalue weighted by Crippen LogP contribution is -2.40. The fraction of sp³-hybridized carbons (Fsp3) is 0.316. The van der Waals surface area contributed by atoms with E-state index in [1.807, 2.05) is 0 Å². The predicted octanol–water partition coefficient (Wildman–Crippen LogP) is 5.14. The van der Waals surface area contributed by atoms with Crippen molar-refractivity contribution in [3.63, 3.8) is 0 Å². The number of rotatable bonds is 5. The van der Waals surface area contributed by atoms with Gasteiger partial charge in [-0.15, -0.1) is 0 Å². The first-order chi connectivity index (χ1) is 12.9. The van der Waals surface area contributed by atoms with Gasteiger partial charge in [-0.25, -0.2) is 13.2 Å². The Bertz CT molecular complexity index is 810. The van der Waals surface area contributed by atoms with Gasteiger partial charge in [0.15, 0.2) is 5.11 Å². The fourth-order valence-corrected chi connectivity index (χ4v) is 3.38. The fourth-order valence-electron chi connectivity index (χ4n) is 2.91. The van der Waals surface area contributed by atoms with E-state index < -0.39 is 17.5 Å². The van der Waals surface area contributed by atoms with Crippen LogP contribution in [-0.4, -0.2) is 29.3 Å². The van der Waals surface area contributed by atoms with E-state index in [1.54, 1.807) is 11.0 Å². The average Bonchev–Trinajstić information content (AvgIpc) is 3.12. The Morgan fingerprint density at radius 2 is 2.04 bits per heavy atom. The van der Waals surface area contributed by atoms with Crippen molar-refractivity contribution in [2.75, 3.05) is 18.5 Å². The van der Waals surface area contributed by atoms with Crippen LogP contribution < -0.4 is 5.32 Å². The molecule has 0 radical (unpaired) electrons. The molecule has 0 unspecified atom stereocenters. The molecule has 0 spiro atoms. The summed E-state index contributed by atoms with van der Waals surface area (Å²) in [5, 5.41) is 3.22. The number of hydrogen-bond donors (Lipinski definition) is 1. The zero-order valence-electron chi connectivity index (χ0n) is 14.4. The number of anilines is 1. The second-order valence-corrected chi connectivity index (χ2v) is 7.06. The average molecular weight is 415 g/mol. The molecule has 0 bridgehead atoms. The first-order valence-electron chi connectivity index (χ1n) is 8.49. The Morgan fingerprint density at radius 1 is 1.22 bits per heavy atom. The Labute approximate surface area is 166 Å². The summed E-state index contributed by atoms with van der Waals surface area (Å²) in [6, 6.07) is 7.60. The van der Waals surface area contributed by atoms with Crippen LogP contribution in [0.2, 0.25) is 5.02 Å². The van der Waals surface area contributed by atoms with Crippen molar-refractivity contribution in [3.8, 4) is 0 Å². The van der Waals surface area contributed by atoms with Gasteiger partial charge in [-0.3, -0.25) is 0 Å². The van der Waals surface area contributed by atoms with Crippen molar-refractivity contribution in [1.82, 2.24) is 4.90 Å². The van der Waals surface area contributed by atoms with Crippen LogP contribution in [-0.2, 0) is 11.3 Å². The Balaban J connectivity index is 1.80. The van der Waals surface area contributed by atoms with Gasteiger partial charge in [0.05, 0.1) is 11.8 Å². The van der Waals surface area contributed by atoms with Crippen molar-refractivity contribution < 1.29 is 17.9 Å². The maximum atomic E-state index is 14.2. The van der Waals surface area contributed by atoms with Crippen LogP contribution >= 0.6 is 23.8 Å². The number of nitrogens with one attached hydrogen (secondary N) is 1. The van der Waals surface area contributed by atoms with Crippen LogP contribution in [0.25, 0.3) is 0 Å². The molecule has 144 valence electrons. The summed E-state index contributed by atoms with van der Waals surface area (Å²) < 4.78 is 46.9. The highest BCUT2D eigenvalue weighted by Crippen LogP contribution is 2.23. The molecule has 2 aromatic rings. The lowest BCUT2D eigenvalue weighted by Gasteiger charge is -2.29. The molecular weight excluding hydrogens is 397 g/mol. The lowest BCUT2D eigenvalue weighted by molar-refractivity contribution is 0.0903. The largest absolute Gasteiger partial charge is 0.376 e. The highest BCUT2D eigenvalue weighted by molar-refractivity contribution is 7.80. The maximum absolute atomic E-state index is 14.2. The van der Waals surface area contributed by atoms with Gasteiger partial charge in [0.2, 0.25) is 0 Å². The number of ether oxygens (including phenoxy) is 1. The number of thiocarbonyl (C=S) groups is 1. The minimum Gasteiger partial charge on any atom is -0.376 e. The van der Waals surface area contributed by atoms with Gasteiger partial charge in [0.25, 0.3) is 0 Å². The van der Waals surface area contributed by atoms with Gasteiger partial charge in [-0.2, -0.15) is 0 Å². The molecule has 3 rings (SSSR count). The third-order valence-electron chi connectivity index (χ3n) is 4.32. The van der Waals surface area contributed by atoms with Crippen LogP contribution in [0.3, 0.4) is 0 Å². The molecule has 3 nitrogen and oxygen atoms in total. The molecular formula is C19H18ClF3N2OS. The monoisotopic (exact) mass is 414 g/mol. The van der Waals surface area contributed by atoms with Gasteiger partial charge >= 0.3 is 0 Å². The van der Waals surface area contributed by atoms with Gasteiger partial charge in [0, 0.05) is 36.3 Å². The number of hydrogen-bond acceptors (Lipinski definition) is 2. The van der Waals surface area contributed by atoms with Crippen molar-refractivity contribution in [1.29, 1.82) is 0 Å². The summed E-state index contributed by atoms with van der Waals surface area (Å²) >= 11 is 11.5. The van der Waals surface area contributed by atoms with Gasteiger partial charge in [0.1, 0.15) is 17.5 Å². The zero-order valence-corrected chi connectivity index (χ0v) is 15.9. The van der Waals surface area contributed by atoms with Crippen molar-refractivity contribution in [2.24, 2.45) is 0 Å². The van der Waals surface area contributed by atoms with Gasteiger partial charge in [-0.05, 0) is 49.3 Å². The van der Waals surface area contributed by atoms with E-state index in [0.717, 1.165) is 25.0 Å². The molecule has 27 heavy (non-hydrogen) atoms. The smallest absolute Gasteiger partial charge is 0.173 e. The third kappa shape index (κ3) is 5.12. The quantitative estimate of drug-likeness (QED) is 0.685. The summed E-state index contributed by atoms with van der Waals surface area (Å²) in [5.74, 6) is -1.90. The van der Waals surface area contributed by atoms with E-state index in [9.17, 15) is 13.2 Å². The summed E-state index contributed by atoms with van der Waals surface area (Å²) in [4.78, 5) is 1.68. The predicted molar refractivity (Wildman–Crippen MR) is 103 cm³/mol. The van der Waals surface area contributed by atoms with E-state index in [4.69, 9.17) is 28.6 Å². The van der Waals surface area contributed by atoms with Crippen LogP contribution in [0.15, 0.2) is 36.4 Å². The van der Waals surface area contributed by atoms with Crippen molar-refractivity contribution in [2.45, 2.75) is 25.5 Å². The Morgan fingerprint density at radius 3 is 2.70 bits per heavy atom. The molecule has 1 aliphatic rings. The first kappa shape index (κ1) is 19.9. The highest BCUT2D eigenvalue weighted by Gasteiger charge is 2.23. The molecule has 1 saturated heterocycles. The van der Waals surface area contributed by atoms with Crippen LogP contribution in [0.4, 0.5) is 18.9 Å². The molecule has 1 aliphatic heterocycles. The van der Waals surface area contributed by atoms with E-state index in [2.05, 4.69) is 5.32 Å². The first-order valence-corrected chi connectivity index (χ1v) is 9.28. The lowest BCUT2D eigenvalue weighted by atomic mass is 10.1. The molecule has 0 saturated carbocycles. The molecule has 1 heterocycles. The molecule has 1 atom stereocenters. The van der Waals surface area contributed by atoms with E-state index in [0.29, 0.717) is 18.7 Å². The molecule has 1 fully saturated rings. The van der Waals surface area contributed by atoms with Crippen LogP contribution in [0.5, 0.6) is 0 Å².